The van der Waals surface area contributed by atoms with Gasteiger partial charge in [0.25, 0.3) is 11.8 Å². The molecule has 4 heterocycles. The van der Waals surface area contributed by atoms with Crippen LogP contribution < -0.4 is 15.5 Å². The Morgan fingerprint density at radius 2 is 1.80 bits per heavy atom. The Bertz CT molecular complexity index is 1570. The van der Waals surface area contributed by atoms with Gasteiger partial charge in [0.05, 0.1) is 52.8 Å². The molecule has 2 N–H and O–H groups in total. The number of amides is 2. The number of aromatic nitrogens is 5. The van der Waals surface area contributed by atoms with E-state index in [9.17, 15) is 27.0 Å². The third kappa shape index (κ3) is 8.23. The SMILES string of the molecule is CN1CCN(c2ccc(-n3cc(C(=O)NCCCN4CCOCC4)nn3)cc2NC(=O)c2cnc(S(C)=O)nc2C(F)(F)F)CC1. The average molecular weight is 665 g/mol. The van der Waals surface area contributed by atoms with E-state index in [1.165, 1.54) is 10.9 Å². The maximum absolute atomic E-state index is 13.9. The molecule has 0 radical (unpaired) electrons. The van der Waals surface area contributed by atoms with Gasteiger partial charge in [0.15, 0.2) is 11.4 Å². The molecule has 14 nitrogen and oxygen atoms in total. The first-order chi connectivity index (χ1) is 22.0. The standard InChI is InChI=1S/C28H35F3N10O4S/c1-38-8-10-40(11-9-38)23-5-4-19(41-18-22(36-37-41)26(43)32-6-3-7-39-12-14-45-15-13-39)16-21(23)34-25(42)20-17-33-27(46(2)44)35-24(20)28(29,30)31/h4-5,16-18H,3,6-15H2,1-2H3,(H,32,43)(H,34,42). The number of nitrogens with one attached hydrogen (secondary N) is 2. The van der Waals surface area contributed by atoms with E-state index in [0.29, 0.717) is 44.2 Å². The summed E-state index contributed by atoms with van der Waals surface area (Å²) in [7, 11) is 0.0954. The van der Waals surface area contributed by atoms with Gasteiger partial charge in [-0.2, -0.15) is 13.2 Å². The van der Waals surface area contributed by atoms with Crippen LogP contribution in [-0.2, 0) is 21.7 Å². The zero-order valence-electron chi connectivity index (χ0n) is 25.4. The van der Waals surface area contributed by atoms with Gasteiger partial charge in [0.2, 0.25) is 5.16 Å². The molecule has 248 valence electrons. The van der Waals surface area contributed by atoms with Crippen molar-refractivity contribution in [3.8, 4) is 5.69 Å². The molecule has 2 aromatic heterocycles. The average Bonchev–Trinajstić information content (AvgIpc) is 3.54. The number of nitrogens with zero attached hydrogens (tertiary/aromatic N) is 8. The van der Waals surface area contributed by atoms with E-state index in [1.807, 2.05) is 11.9 Å². The zero-order chi connectivity index (χ0) is 32.8. The highest BCUT2D eigenvalue weighted by molar-refractivity contribution is 7.84. The molecule has 1 aromatic carbocycles. The van der Waals surface area contributed by atoms with E-state index in [1.54, 1.807) is 18.2 Å². The van der Waals surface area contributed by atoms with Crippen LogP contribution in [0.15, 0.2) is 35.7 Å². The third-order valence-electron chi connectivity index (χ3n) is 7.64. The van der Waals surface area contributed by atoms with Crippen LogP contribution in [0.25, 0.3) is 5.69 Å². The predicted octanol–water partition coefficient (Wildman–Crippen LogP) is 1.27. The number of carbonyl (C=O) groups excluding carboxylic acids is 2. The highest BCUT2D eigenvalue weighted by atomic mass is 32.2. The maximum Gasteiger partial charge on any atom is 0.434 e. The van der Waals surface area contributed by atoms with E-state index in [2.05, 4.69) is 40.7 Å². The van der Waals surface area contributed by atoms with Crippen LogP contribution in [0, 0.1) is 0 Å². The van der Waals surface area contributed by atoms with Crippen LogP contribution >= 0.6 is 0 Å². The molecule has 5 rings (SSSR count). The summed E-state index contributed by atoms with van der Waals surface area (Å²) in [5, 5.41) is 13.0. The van der Waals surface area contributed by atoms with Gasteiger partial charge in [0, 0.05) is 58.3 Å². The van der Waals surface area contributed by atoms with Crippen molar-refractivity contribution in [1.29, 1.82) is 0 Å². The van der Waals surface area contributed by atoms with Crippen molar-refractivity contribution in [1.82, 2.24) is 40.1 Å². The fraction of sp³-hybridized carbons (Fsp3) is 0.500. The number of anilines is 2. The minimum atomic E-state index is -4.99. The van der Waals surface area contributed by atoms with Crippen molar-refractivity contribution >= 4 is 34.0 Å². The number of carbonyl (C=O) groups is 2. The highest BCUT2D eigenvalue weighted by Crippen LogP contribution is 2.33. The molecule has 46 heavy (non-hydrogen) atoms. The Labute approximate surface area is 265 Å². The molecule has 3 aromatic rings. The van der Waals surface area contributed by atoms with Crippen molar-refractivity contribution in [2.24, 2.45) is 0 Å². The number of ether oxygens (including phenoxy) is 1. The molecule has 0 spiro atoms. The van der Waals surface area contributed by atoms with Gasteiger partial charge in [-0.3, -0.25) is 18.7 Å². The van der Waals surface area contributed by atoms with Gasteiger partial charge < -0.3 is 25.2 Å². The van der Waals surface area contributed by atoms with Gasteiger partial charge in [-0.05, 0) is 38.2 Å². The molecular weight excluding hydrogens is 629 g/mol. The van der Waals surface area contributed by atoms with Crippen LogP contribution in [0.1, 0.15) is 33.0 Å². The molecule has 0 saturated carbocycles. The van der Waals surface area contributed by atoms with E-state index in [0.717, 1.165) is 51.6 Å². The van der Waals surface area contributed by atoms with Gasteiger partial charge in [-0.1, -0.05) is 5.21 Å². The molecule has 2 aliphatic rings. The number of likely N-dealkylation sites (N-methyl/N-ethyl adjacent to an activating group) is 1. The van der Waals surface area contributed by atoms with Gasteiger partial charge in [-0.15, -0.1) is 5.10 Å². The molecule has 2 saturated heterocycles. The monoisotopic (exact) mass is 664 g/mol. The Kier molecular flexibility index (Phi) is 10.6. The molecule has 2 fully saturated rings. The number of rotatable bonds is 10. The van der Waals surface area contributed by atoms with E-state index >= 15 is 0 Å². The molecule has 0 aliphatic carbocycles. The highest BCUT2D eigenvalue weighted by Gasteiger charge is 2.38. The summed E-state index contributed by atoms with van der Waals surface area (Å²) in [6, 6.07) is 5.00. The molecule has 2 aliphatic heterocycles. The Morgan fingerprint density at radius 3 is 2.50 bits per heavy atom. The number of morpholine rings is 1. The summed E-state index contributed by atoms with van der Waals surface area (Å²) in [5.41, 5.74) is -1.00. The second kappa shape index (κ2) is 14.6. The van der Waals surface area contributed by atoms with Gasteiger partial charge in [-0.25, -0.2) is 14.6 Å². The first kappa shape index (κ1) is 33.4. The molecule has 1 unspecified atom stereocenters. The van der Waals surface area contributed by atoms with Crippen LogP contribution in [0.4, 0.5) is 24.5 Å². The van der Waals surface area contributed by atoms with Crippen LogP contribution in [0.2, 0.25) is 0 Å². The first-order valence-electron chi connectivity index (χ1n) is 14.7. The minimum absolute atomic E-state index is 0.0838. The lowest BCUT2D eigenvalue weighted by Gasteiger charge is -2.35. The number of alkyl halides is 3. The number of halogens is 3. The lowest BCUT2D eigenvalue weighted by molar-refractivity contribution is -0.142. The number of benzene rings is 1. The maximum atomic E-state index is 13.9. The number of piperazine rings is 1. The van der Waals surface area contributed by atoms with Crippen molar-refractivity contribution < 1.29 is 31.7 Å². The lowest BCUT2D eigenvalue weighted by Crippen LogP contribution is -2.44. The number of hydrogen-bond acceptors (Lipinski definition) is 11. The minimum Gasteiger partial charge on any atom is -0.379 e. The third-order valence-corrected chi connectivity index (χ3v) is 8.35. The van der Waals surface area contributed by atoms with Crippen molar-refractivity contribution in [2.45, 2.75) is 17.8 Å². The Hall–Kier alpha value is -4.00. The number of hydrogen-bond donors (Lipinski definition) is 2. The summed E-state index contributed by atoms with van der Waals surface area (Å²) in [6.45, 7) is 7.14. The van der Waals surface area contributed by atoms with E-state index in [4.69, 9.17) is 4.74 Å². The van der Waals surface area contributed by atoms with E-state index < -0.39 is 45.2 Å². The Balaban J connectivity index is 1.36. The lowest BCUT2D eigenvalue weighted by atomic mass is 10.1. The molecule has 2 amide bonds. The summed E-state index contributed by atoms with van der Waals surface area (Å²) in [4.78, 5) is 39.6. The smallest absolute Gasteiger partial charge is 0.379 e. The fourth-order valence-electron chi connectivity index (χ4n) is 5.08. The molecule has 18 heteroatoms. The first-order valence-corrected chi connectivity index (χ1v) is 16.2. The van der Waals surface area contributed by atoms with Crippen LogP contribution in [0.3, 0.4) is 0 Å². The summed E-state index contributed by atoms with van der Waals surface area (Å²) >= 11 is 0. The summed E-state index contributed by atoms with van der Waals surface area (Å²) in [6.07, 6.45) is -0.921. The largest absolute Gasteiger partial charge is 0.434 e. The predicted molar refractivity (Wildman–Crippen MR) is 163 cm³/mol. The quantitative estimate of drug-likeness (QED) is 0.238. The fourth-order valence-corrected chi connectivity index (χ4v) is 5.50. The normalized spacial score (nSPS) is 17.1. The van der Waals surface area contributed by atoms with Crippen molar-refractivity contribution in [3.63, 3.8) is 0 Å². The summed E-state index contributed by atoms with van der Waals surface area (Å²) in [5.74, 6) is -1.49. The van der Waals surface area contributed by atoms with Crippen LogP contribution in [0.5, 0.6) is 0 Å². The molecule has 0 bridgehead atoms. The molecular formula is C28H35F3N10O4S. The zero-order valence-corrected chi connectivity index (χ0v) is 26.2. The van der Waals surface area contributed by atoms with Crippen LogP contribution in [-0.4, -0.2) is 130 Å². The Morgan fingerprint density at radius 1 is 1.07 bits per heavy atom. The van der Waals surface area contributed by atoms with Gasteiger partial charge in [0.1, 0.15) is 0 Å². The van der Waals surface area contributed by atoms with E-state index in [-0.39, 0.29) is 11.4 Å². The van der Waals surface area contributed by atoms with Gasteiger partial charge >= 0.3 is 6.18 Å². The topological polar surface area (TPSA) is 151 Å². The van der Waals surface area contributed by atoms with Crippen molar-refractivity contribution in [2.75, 3.05) is 89.1 Å². The second-order valence-electron chi connectivity index (χ2n) is 10.9. The van der Waals surface area contributed by atoms with Crippen molar-refractivity contribution in [3.05, 3.63) is 47.5 Å². The summed E-state index contributed by atoms with van der Waals surface area (Å²) < 4.78 is 60.1. The molecule has 1 atom stereocenters. The second-order valence-corrected chi connectivity index (χ2v) is 12.2.